The van der Waals surface area contributed by atoms with Gasteiger partial charge < -0.3 is 14.2 Å². The van der Waals surface area contributed by atoms with Crippen molar-refractivity contribution in [3.63, 3.8) is 0 Å². The van der Waals surface area contributed by atoms with Gasteiger partial charge in [-0.25, -0.2) is 0 Å². The number of aryl methyl sites for hydroxylation is 1. The van der Waals surface area contributed by atoms with E-state index in [1.54, 1.807) is 0 Å². The summed E-state index contributed by atoms with van der Waals surface area (Å²) in [6, 6.07) is 4.17. The van der Waals surface area contributed by atoms with Crippen LogP contribution in [-0.2, 0) is 14.2 Å². The summed E-state index contributed by atoms with van der Waals surface area (Å²) in [4.78, 5) is 4.35. The third-order valence-corrected chi connectivity index (χ3v) is 4.78. The highest BCUT2D eigenvalue weighted by Gasteiger charge is 2.25. The Hall–Kier alpha value is -0.970. The van der Waals surface area contributed by atoms with E-state index < -0.39 is 0 Å². The number of nitrogens with zero attached hydrogens (tertiary/aromatic N) is 1. The standard InChI is InChI=1S/C18H27NO3/c1-13-3-7-16(9-19-13)17-11-21-18(22-12-17)8-6-15-5-4-14(2)20-10-15/h3,7,9,14-15,17-18H,4-6,8,10-12H2,1-2H3. The van der Waals surface area contributed by atoms with Crippen LogP contribution in [0.1, 0.15) is 49.8 Å². The van der Waals surface area contributed by atoms with Crippen LogP contribution in [0, 0.1) is 12.8 Å². The van der Waals surface area contributed by atoms with E-state index >= 15 is 0 Å². The van der Waals surface area contributed by atoms with Crippen molar-refractivity contribution in [3.8, 4) is 0 Å². The monoisotopic (exact) mass is 305 g/mol. The molecule has 22 heavy (non-hydrogen) atoms. The van der Waals surface area contributed by atoms with Gasteiger partial charge in [0.2, 0.25) is 0 Å². The van der Waals surface area contributed by atoms with E-state index in [4.69, 9.17) is 14.2 Å². The predicted molar refractivity (Wildman–Crippen MR) is 84.8 cm³/mol. The van der Waals surface area contributed by atoms with Gasteiger partial charge in [0.1, 0.15) is 0 Å². The van der Waals surface area contributed by atoms with E-state index in [2.05, 4.69) is 18.0 Å². The SMILES string of the molecule is Cc1ccc(C2COC(CCC3CCC(C)OC3)OC2)cn1. The fourth-order valence-electron chi connectivity index (χ4n) is 3.16. The molecule has 0 radical (unpaired) electrons. The van der Waals surface area contributed by atoms with Crippen molar-refractivity contribution >= 4 is 0 Å². The zero-order chi connectivity index (χ0) is 15.4. The first kappa shape index (κ1) is 15.9. The summed E-state index contributed by atoms with van der Waals surface area (Å²) < 4.78 is 17.5. The van der Waals surface area contributed by atoms with Crippen molar-refractivity contribution in [3.05, 3.63) is 29.6 Å². The number of hydrogen-bond donors (Lipinski definition) is 0. The van der Waals surface area contributed by atoms with Gasteiger partial charge in [0, 0.05) is 24.4 Å². The first-order chi connectivity index (χ1) is 10.7. The second-order valence-corrected chi connectivity index (χ2v) is 6.69. The lowest BCUT2D eigenvalue weighted by Gasteiger charge is -2.32. The smallest absolute Gasteiger partial charge is 0.157 e. The largest absolute Gasteiger partial charge is 0.378 e. The average Bonchev–Trinajstić information content (AvgIpc) is 2.56. The van der Waals surface area contributed by atoms with E-state index in [-0.39, 0.29) is 6.29 Å². The highest BCUT2D eigenvalue weighted by atomic mass is 16.7. The number of aromatic nitrogens is 1. The molecular formula is C18H27NO3. The van der Waals surface area contributed by atoms with Crippen molar-refractivity contribution in [1.82, 2.24) is 4.98 Å². The molecule has 1 aromatic heterocycles. The first-order valence-electron chi connectivity index (χ1n) is 8.48. The van der Waals surface area contributed by atoms with Crippen LogP contribution in [0.5, 0.6) is 0 Å². The summed E-state index contributed by atoms with van der Waals surface area (Å²) in [5.74, 6) is 0.977. The van der Waals surface area contributed by atoms with Crippen molar-refractivity contribution in [2.24, 2.45) is 5.92 Å². The highest BCUT2D eigenvalue weighted by molar-refractivity contribution is 5.18. The number of ether oxygens (including phenoxy) is 3. The van der Waals surface area contributed by atoms with Crippen LogP contribution in [0.25, 0.3) is 0 Å². The lowest BCUT2D eigenvalue weighted by atomic mass is 9.94. The Balaban J connectivity index is 1.39. The van der Waals surface area contributed by atoms with Crippen molar-refractivity contribution in [1.29, 1.82) is 0 Å². The molecule has 1 aromatic rings. The Kier molecular flexibility index (Phi) is 5.45. The minimum absolute atomic E-state index is 0.0472. The molecule has 0 aromatic carbocycles. The van der Waals surface area contributed by atoms with E-state index in [1.807, 2.05) is 19.2 Å². The molecule has 4 nitrogen and oxygen atoms in total. The number of rotatable bonds is 4. The molecule has 4 heteroatoms. The molecule has 0 spiro atoms. The van der Waals surface area contributed by atoms with Gasteiger partial charge in [-0.2, -0.15) is 0 Å². The molecule has 2 fully saturated rings. The second kappa shape index (κ2) is 7.53. The summed E-state index contributed by atoms with van der Waals surface area (Å²) in [6.45, 7) is 6.51. The molecule has 3 heterocycles. The second-order valence-electron chi connectivity index (χ2n) is 6.69. The van der Waals surface area contributed by atoms with Crippen LogP contribution in [0.4, 0.5) is 0 Å². The van der Waals surface area contributed by atoms with Crippen molar-refractivity contribution in [2.75, 3.05) is 19.8 Å². The zero-order valence-electron chi connectivity index (χ0n) is 13.7. The van der Waals surface area contributed by atoms with Gasteiger partial charge in [0.25, 0.3) is 0 Å². The molecule has 2 aliphatic heterocycles. The highest BCUT2D eigenvalue weighted by Crippen LogP contribution is 2.27. The van der Waals surface area contributed by atoms with E-state index in [0.29, 0.717) is 17.9 Å². The fraction of sp³-hybridized carbons (Fsp3) is 0.722. The normalized spacial score (nSPS) is 32.8. The lowest BCUT2D eigenvalue weighted by molar-refractivity contribution is -0.192. The fourth-order valence-corrected chi connectivity index (χ4v) is 3.16. The van der Waals surface area contributed by atoms with E-state index in [0.717, 1.165) is 38.4 Å². The Labute approximate surface area is 133 Å². The van der Waals surface area contributed by atoms with Crippen molar-refractivity contribution in [2.45, 2.75) is 57.8 Å². The predicted octanol–water partition coefficient (Wildman–Crippen LogP) is 3.44. The van der Waals surface area contributed by atoms with Crippen LogP contribution in [-0.4, -0.2) is 37.2 Å². The Morgan fingerprint density at radius 1 is 1.05 bits per heavy atom. The molecule has 0 N–H and O–H groups in total. The van der Waals surface area contributed by atoms with Gasteiger partial charge in [-0.15, -0.1) is 0 Å². The molecule has 0 bridgehead atoms. The molecule has 122 valence electrons. The zero-order valence-corrected chi connectivity index (χ0v) is 13.7. The molecule has 0 saturated carbocycles. The van der Waals surface area contributed by atoms with Gasteiger partial charge in [-0.3, -0.25) is 4.98 Å². The minimum Gasteiger partial charge on any atom is -0.378 e. The number of hydrogen-bond acceptors (Lipinski definition) is 4. The van der Waals surface area contributed by atoms with Gasteiger partial charge in [-0.05, 0) is 57.1 Å². The van der Waals surface area contributed by atoms with Crippen LogP contribution in [0.2, 0.25) is 0 Å². The van der Waals surface area contributed by atoms with Gasteiger partial charge >= 0.3 is 0 Å². The van der Waals surface area contributed by atoms with Crippen LogP contribution >= 0.6 is 0 Å². The average molecular weight is 305 g/mol. The van der Waals surface area contributed by atoms with Gasteiger partial charge in [0.05, 0.1) is 19.3 Å². The van der Waals surface area contributed by atoms with Crippen LogP contribution < -0.4 is 0 Å². The summed E-state index contributed by atoms with van der Waals surface area (Å²) in [7, 11) is 0. The third-order valence-electron chi connectivity index (χ3n) is 4.78. The third kappa shape index (κ3) is 4.28. The Bertz CT molecular complexity index is 446. The summed E-state index contributed by atoms with van der Waals surface area (Å²) in [5, 5.41) is 0. The van der Waals surface area contributed by atoms with Crippen LogP contribution in [0.15, 0.2) is 18.3 Å². The molecule has 2 aliphatic rings. The summed E-state index contributed by atoms with van der Waals surface area (Å²) in [5.41, 5.74) is 2.25. The minimum atomic E-state index is -0.0472. The Morgan fingerprint density at radius 3 is 2.50 bits per heavy atom. The van der Waals surface area contributed by atoms with Gasteiger partial charge in [-0.1, -0.05) is 6.07 Å². The number of pyridine rings is 1. The topological polar surface area (TPSA) is 40.6 Å². The summed E-state index contributed by atoms with van der Waals surface area (Å²) in [6.07, 6.45) is 6.88. The van der Waals surface area contributed by atoms with Crippen LogP contribution in [0.3, 0.4) is 0 Å². The molecule has 0 aliphatic carbocycles. The lowest BCUT2D eigenvalue weighted by Crippen LogP contribution is -2.32. The maximum absolute atomic E-state index is 5.90. The van der Waals surface area contributed by atoms with Crippen molar-refractivity contribution < 1.29 is 14.2 Å². The Morgan fingerprint density at radius 2 is 1.86 bits per heavy atom. The molecule has 2 saturated heterocycles. The molecule has 3 rings (SSSR count). The first-order valence-corrected chi connectivity index (χ1v) is 8.48. The maximum Gasteiger partial charge on any atom is 0.157 e. The molecule has 2 atom stereocenters. The summed E-state index contributed by atoms with van der Waals surface area (Å²) >= 11 is 0. The maximum atomic E-state index is 5.90. The van der Waals surface area contributed by atoms with E-state index in [9.17, 15) is 0 Å². The molecule has 2 unspecified atom stereocenters. The molecule has 0 amide bonds. The molecular weight excluding hydrogens is 278 g/mol. The van der Waals surface area contributed by atoms with Gasteiger partial charge in [0.15, 0.2) is 6.29 Å². The van der Waals surface area contributed by atoms with E-state index in [1.165, 1.54) is 18.4 Å². The quantitative estimate of drug-likeness (QED) is 0.854.